The zero-order valence-corrected chi connectivity index (χ0v) is 14.2. The van der Waals surface area contributed by atoms with Crippen molar-refractivity contribution in [1.29, 1.82) is 0 Å². The summed E-state index contributed by atoms with van der Waals surface area (Å²) < 4.78 is 0. The van der Waals surface area contributed by atoms with Gasteiger partial charge in [0.25, 0.3) is 0 Å². The number of carbonyl (C=O) groups is 5. The van der Waals surface area contributed by atoms with E-state index in [0.29, 0.717) is 19.4 Å². The maximum Gasteiger partial charge on any atom is 0.326 e. The lowest BCUT2D eigenvalue weighted by atomic mass is 10.1. The molecule has 0 spiro atoms. The number of carboxylic acid groups (broad SMARTS) is 2. The average Bonchev–Trinajstić information content (AvgIpc) is 2.99. The topological polar surface area (TPSA) is 188 Å². The van der Waals surface area contributed by atoms with Gasteiger partial charge in [0, 0.05) is 6.42 Å². The molecule has 11 heteroatoms. The van der Waals surface area contributed by atoms with Crippen molar-refractivity contribution < 1.29 is 34.2 Å². The van der Waals surface area contributed by atoms with Crippen LogP contribution in [0, 0.1) is 0 Å². The van der Waals surface area contributed by atoms with Crippen molar-refractivity contribution in [1.82, 2.24) is 16.0 Å². The molecule has 0 bridgehead atoms. The van der Waals surface area contributed by atoms with Gasteiger partial charge in [-0.05, 0) is 32.2 Å². The van der Waals surface area contributed by atoms with Crippen molar-refractivity contribution in [3.05, 3.63) is 0 Å². The molecule has 0 aromatic rings. The van der Waals surface area contributed by atoms with E-state index < -0.39 is 48.3 Å². The van der Waals surface area contributed by atoms with E-state index in [1.54, 1.807) is 0 Å². The molecule has 1 aliphatic heterocycles. The minimum atomic E-state index is -1.45. The van der Waals surface area contributed by atoms with Gasteiger partial charge in [-0.2, -0.15) is 0 Å². The third-order valence-corrected chi connectivity index (χ3v) is 3.89. The van der Waals surface area contributed by atoms with Gasteiger partial charge < -0.3 is 31.9 Å². The third-order valence-electron chi connectivity index (χ3n) is 3.89. The summed E-state index contributed by atoms with van der Waals surface area (Å²) >= 11 is 0. The molecular weight excluding hydrogens is 348 g/mol. The average molecular weight is 372 g/mol. The van der Waals surface area contributed by atoms with Gasteiger partial charge in [0.2, 0.25) is 17.7 Å². The number of aliphatic carboxylic acids is 2. The minimum absolute atomic E-state index is 0.130. The molecule has 0 aromatic heterocycles. The summed E-state index contributed by atoms with van der Waals surface area (Å²) in [5.74, 6) is -4.51. The van der Waals surface area contributed by atoms with Crippen LogP contribution in [-0.4, -0.2) is 64.5 Å². The summed E-state index contributed by atoms with van der Waals surface area (Å²) in [5, 5.41) is 25.0. The van der Waals surface area contributed by atoms with E-state index >= 15 is 0 Å². The lowest BCUT2D eigenvalue weighted by Crippen LogP contribution is -2.55. The normalized spacial score (nSPS) is 18.5. The van der Waals surface area contributed by atoms with Gasteiger partial charge in [0.05, 0.1) is 6.42 Å². The number of unbranched alkanes of at least 4 members (excludes halogenated alkanes) is 1. The van der Waals surface area contributed by atoms with Crippen LogP contribution in [0.4, 0.5) is 0 Å². The first-order valence-electron chi connectivity index (χ1n) is 8.29. The first-order valence-corrected chi connectivity index (χ1v) is 8.29. The second-order valence-corrected chi connectivity index (χ2v) is 6.00. The quantitative estimate of drug-likeness (QED) is 0.223. The lowest BCUT2D eigenvalue weighted by molar-refractivity contribution is -0.143. The van der Waals surface area contributed by atoms with Crippen molar-refractivity contribution >= 4 is 29.7 Å². The maximum atomic E-state index is 12.3. The molecule has 0 saturated carbocycles. The molecule has 3 amide bonds. The molecule has 0 aliphatic carbocycles. The van der Waals surface area contributed by atoms with E-state index in [2.05, 4.69) is 16.0 Å². The summed E-state index contributed by atoms with van der Waals surface area (Å²) in [7, 11) is 0. The molecule has 1 fully saturated rings. The Morgan fingerprint density at radius 3 is 2.35 bits per heavy atom. The monoisotopic (exact) mass is 372 g/mol. The molecule has 1 heterocycles. The number of nitrogens with one attached hydrogen (secondary N) is 3. The lowest BCUT2D eigenvalue weighted by Gasteiger charge is -2.21. The van der Waals surface area contributed by atoms with Gasteiger partial charge in [-0.15, -0.1) is 0 Å². The Balaban J connectivity index is 2.71. The molecule has 7 N–H and O–H groups in total. The molecule has 11 nitrogen and oxygen atoms in total. The van der Waals surface area contributed by atoms with Crippen molar-refractivity contribution in [3.63, 3.8) is 0 Å². The standard InChI is InChI=1S/C15H24N4O7/c16-6-2-1-3-9(15(25)26)18-14(24)10(7-12(21)22)19-13(23)8-4-5-11(20)17-8/h8-10H,1-7,16H2,(H,17,20)(H,18,24)(H,19,23)(H,21,22)(H,25,26). The first-order chi connectivity index (χ1) is 12.2. The minimum Gasteiger partial charge on any atom is -0.481 e. The van der Waals surface area contributed by atoms with Crippen LogP contribution in [0.5, 0.6) is 0 Å². The summed E-state index contributed by atoms with van der Waals surface area (Å²) in [6, 6.07) is -3.51. The number of hydrogen-bond acceptors (Lipinski definition) is 6. The molecule has 3 atom stereocenters. The number of nitrogens with two attached hydrogens (primary N) is 1. The van der Waals surface area contributed by atoms with E-state index in [1.165, 1.54) is 0 Å². The fraction of sp³-hybridized carbons (Fsp3) is 0.667. The highest BCUT2D eigenvalue weighted by Crippen LogP contribution is 2.08. The Morgan fingerprint density at radius 1 is 1.15 bits per heavy atom. The fourth-order valence-electron chi connectivity index (χ4n) is 2.49. The molecule has 1 rings (SSSR count). The summed E-state index contributed by atoms with van der Waals surface area (Å²) in [5.41, 5.74) is 5.34. The van der Waals surface area contributed by atoms with E-state index in [4.69, 9.17) is 10.8 Å². The van der Waals surface area contributed by atoms with Gasteiger partial charge in [-0.25, -0.2) is 4.79 Å². The predicted molar refractivity (Wildman–Crippen MR) is 87.8 cm³/mol. The molecule has 1 aliphatic rings. The second-order valence-electron chi connectivity index (χ2n) is 6.00. The number of hydrogen-bond donors (Lipinski definition) is 6. The molecule has 3 unspecified atom stereocenters. The Kier molecular flexibility index (Phi) is 8.49. The highest BCUT2D eigenvalue weighted by atomic mass is 16.4. The van der Waals surface area contributed by atoms with Crippen molar-refractivity contribution in [2.75, 3.05) is 6.54 Å². The van der Waals surface area contributed by atoms with Gasteiger partial charge in [-0.3, -0.25) is 19.2 Å². The van der Waals surface area contributed by atoms with Gasteiger partial charge in [-0.1, -0.05) is 0 Å². The number of carbonyl (C=O) groups excluding carboxylic acids is 3. The number of amides is 3. The second kappa shape index (κ2) is 10.3. The van der Waals surface area contributed by atoms with Gasteiger partial charge in [0.1, 0.15) is 18.1 Å². The van der Waals surface area contributed by atoms with E-state index in [0.717, 1.165) is 0 Å². The molecule has 26 heavy (non-hydrogen) atoms. The maximum absolute atomic E-state index is 12.3. The SMILES string of the molecule is NCCCCC(NC(=O)C(CC(=O)O)NC(=O)C1CCC(=O)N1)C(=O)O. The first kappa shape index (κ1) is 21.4. The molecule has 0 radical (unpaired) electrons. The third kappa shape index (κ3) is 7.05. The predicted octanol–water partition coefficient (Wildman–Crippen LogP) is -2.08. The highest BCUT2D eigenvalue weighted by molar-refractivity contribution is 5.96. The van der Waals surface area contributed by atoms with Crippen molar-refractivity contribution in [3.8, 4) is 0 Å². The van der Waals surface area contributed by atoms with E-state index in [-0.39, 0.29) is 25.2 Å². The number of carboxylic acids is 2. The Bertz CT molecular complexity index is 566. The van der Waals surface area contributed by atoms with E-state index in [9.17, 15) is 29.1 Å². The fourth-order valence-corrected chi connectivity index (χ4v) is 2.49. The molecule has 0 aromatic carbocycles. The number of rotatable bonds is 11. The van der Waals surface area contributed by atoms with Gasteiger partial charge >= 0.3 is 11.9 Å². The van der Waals surface area contributed by atoms with Crippen LogP contribution in [0.1, 0.15) is 38.5 Å². The summed E-state index contributed by atoms with van der Waals surface area (Å²) in [6.07, 6.45) is 0.866. The Hall–Kier alpha value is -2.69. The van der Waals surface area contributed by atoms with Crippen LogP contribution in [-0.2, 0) is 24.0 Å². The summed E-state index contributed by atoms with van der Waals surface area (Å²) in [6.45, 7) is 0.380. The Labute approximate surface area is 149 Å². The van der Waals surface area contributed by atoms with Crippen LogP contribution in [0.2, 0.25) is 0 Å². The zero-order valence-electron chi connectivity index (χ0n) is 14.2. The molecule has 1 saturated heterocycles. The molecular formula is C15H24N4O7. The highest BCUT2D eigenvalue weighted by Gasteiger charge is 2.32. The van der Waals surface area contributed by atoms with Crippen LogP contribution in [0.15, 0.2) is 0 Å². The molecule has 146 valence electrons. The van der Waals surface area contributed by atoms with E-state index in [1.807, 2.05) is 0 Å². The largest absolute Gasteiger partial charge is 0.481 e. The van der Waals surface area contributed by atoms with Gasteiger partial charge in [0.15, 0.2) is 0 Å². The van der Waals surface area contributed by atoms with Crippen LogP contribution in [0.25, 0.3) is 0 Å². The Morgan fingerprint density at radius 2 is 1.85 bits per heavy atom. The van der Waals surface area contributed by atoms with Crippen LogP contribution in [0.3, 0.4) is 0 Å². The van der Waals surface area contributed by atoms with Crippen LogP contribution < -0.4 is 21.7 Å². The van der Waals surface area contributed by atoms with Crippen molar-refractivity contribution in [2.24, 2.45) is 5.73 Å². The summed E-state index contributed by atoms with van der Waals surface area (Å²) in [4.78, 5) is 57.7. The zero-order chi connectivity index (χ0) is 19.7. The van der Waals surface area contributed by atoms with Crippen molar-refractivity contribution in [2.45, 2.75) is 56.7 Å². The smallest absolute Gasteiger partial charge is 0.326 e. The van der Waals surface area contributed by atoms with Crippen LogP contribution >= 0.6 is 0 Å².